The van der Waals surface area contributed by atoms with Crippen molar-refractivity contribution in [2.45, 2.75) is 13.8 Å². The lowest BCUT2D eigenvalue weighted by atomic mass is 10.0. The van der Waals surface area contributed by atoms with Gasteiger partial charge in [-0.3, -0.25) is 9.59 Å². The predicted octanol–water partition coefficient (Wildman–Crippen LogP) is 5.53. The van der Waals surface area contributed by atoms with Crippen molar-refractivity contribution in [2.24, 2.45) is 0 Å². The van der Waals surface area contributed by atoms with Crippen molar-refractivity contribution in [1.82, 2.24) is 9.78 Å². The summed E-state index contributed by atoms with van der Waals surface area (Å²) in [5.74, 6) is 0.0311. The van der Waals surface area contributed by atoms with E-state index in [9.17, 15) is 9.59 Å². The molecule has 6 heteroatoms. The Hall–Kier alpha value is -3.51. The van der Waals surface area contributed by atoms with Crippen LogP contribution in [0.15, 0.2) is 88.1 Å². The highest BCUT2D eigenvalue weighted by atomic mass is 79.9. The molecule has 1 heterocycles. The van der Waals surface area contributed by atoms with Gasteiger partial charge in [-0.05, 0) is 55.3 Å². The van der Waals surface area contributed by atoms with E-state index in [0.717, 1.165) is 15.7 Å². The second-order valence-electron chi connectivity index (χ2n) is 7.16. The number of hydrogen-bond donors (Lipinski definition) is 1. The number of rotatable bonds is 4. The Kier molecular flexibility index (Phi) is 5.82. The van der Waals surface area contributed by atoms with Crippen LogP contribution >= 0.6 is 15.9 Å². The maximum absolute atomic E-state index is 13.2. The molecule has 1 N–H and O–H groups in total. The number of carbonyl (C=O) groups is 1. The van der Waals surface area contributed by atoms with E-state index in [4.69, 9.17) is 0 Å². The van der Waals surface area contributed by atoms with E-state index in [1.807, 2.05) is 79.7 Å². The SMILES string of the molecule is Cc1ccccc1C(=O)Nc1c(-c2ccccc2)c(=O)c(C)nn1-c1ccc(Br)cc1. The first-order valence-corrected chi connectivity index (χ1v) is 10.6. The van der Waals surface area contributed by atoms with E-state index in [1.165, 1.54) is 0 Å². The molecule has 0 radical (unpaired) electrons. The molecule has 0 saturated heterocycles. The molecule has 0 fully saturated rings. The lowest BCUT2D eigenvalue weighted by Gasteiger charge is -2.19. The van der Waals surface area contributed by atoms with E-state index in [2.05, 4.69) is 26.3 Å². The van der Waals surface area contributed by atoms with Gasteiger partial charge in [0.1, 0.15) is 11.5 Å². The van der Waals surface area contributed by atoms with E-state index >= 15 is 0 Å². The van der Waals surface area contributed by atoms with Crippen LogP contribution in [0.1, 0.15) is 21.6 Å². The maximum Gasteiger partial charge on any atom is 0.257 e. The number of anilines is 1. The van der Waals surface area contributed by atoms with Crippen LogP contribution in [0.5, 0.6) is 0 Å². The lowest BCUT2D eigenvalue weighted by Crippen LogP contribution is -2.25. The Bertz CT molecular complexity index is 1310. The molecule has 0 aliphatic rings. The molecule has 0 aliphatic heterocycles. The third-order valence-electron chi connectivity index (χ3n) is 5.01. The second-order valence-corrected chi connectivity index (χ2v) is 8.08. The van der Waals surface area contributed by atoms with Crippen molar-refractivity contribution < 1.29 is 4.79 Å². The molecule has 0 unspecified atom stereocenters. The number of benzene rings is 3. The number of halogens is 1. The second kappa shape index (κ2) is 8.70. The molecule has 0 spiro atoms. The van der Waals surface area contributed by atoms with Crippen LogP contribution in [0, 0.1) is 13.8 Å². The minimum Gasteiger partial charge on any atom is -0.306 e. The summed E-state index contributed by atoms with van der Waals surface area (Å²) >= 11 is 3.44. The van der Waals surface area contributed by atoms with Gasteiger partial charge in [-0.1, -0.05) is 64.5 Å². The number of amides is 1. The summed E-state index contributed by atoms with van der Waals surface area (Å²) in [5, 5.41) is 7.47. The summed E-state index contributed by atoms with van der Waals surface area (Å²) in [6.07, 6.45) is 0. The average Bonchev–Trinajstić information content (AvgIpc) is 2.78. The van der Waals surface area contributed by atoms with Crippen LogP contribution in [0.25, 0.3) is 16.8 Å². The summed E-state index contributed by atoms with van der Waals surface area (Å²) in [7, 11) is 0. The minimum atomic E-state index is -0.300. The molecular formula is C25H20BrN3O2. The number of aromatic nitrogens is 2. The van der Waals surface area contributed by atoms with Crippen molar-refractivity contribution in [1.29, 1.82) is 0 Å². The van der Waals surface area contributed by atoms with Crippen LogP contribution in [0.2, 0.25) is 0 Å². The average molecular weight is 474 g/mol. The van der Waals surface area contributed by atoms with Gasteiger partial charge in [0.15, 0.2) is 0 Å². The number of aryl methyl sites for hydroxylation is 2. The number of nitrogens with one attached hydrogen (secondary N) is 1. The summed E-state index contributed by atoms with van der Waals surface area (Å²) in [4.78, 5) is 26.4. The summed E-state index contributed by atoms with van der Waals surface area (Å²) in [6.45, 7) is 3.55. The highest BCUT2D eigenvalue weighted by molar-refractivity contribution is 9.10. The summed E-state index contributed by atoms with van der Waals surface area (Å²) < 4.78 is 2.53. The van der Waals surface area contributed by atoms with Crippen LogP contribution in [0.4, 0.5) is 5.82 Å². The third kappa shape index (κ3) is 4.20. The van der Waals surface area contributed by atoms with Gasteiger partial charge < -0.3 is 5.32 Å². The Morgan fingerprint density at radius 1 is 0.903 bits per heavy atom. The molecule has 1 amide bonds. The van der Waals surface area contributed by atoms with E-state index in [1.54, 1.807) is 17.7 Å². The standard InChI is InChI=1S/C25H20BrN3O2/c1-16-8-6-7-11-21(16)25(31)27-24-22(18-9-4-3-5-10-18)23(30)17(2)28-29(24)20-14-12-19(26)13-15-20/h3-15H,1-2H3,(H,27,31). The Morgan fingerprint density at radius 2 is 1.55 bits per heavy atom. The summed E-state index contributed by atoms with van der Waals surface area (Å²) in [6, 6.07) is 24.2. The van der Waals surface area contributed by atoms with Gasteiger partial charge in [0.05, 0.1) is 11.3 Å². The fourth-order valence-electron chi connectivity index (χ4n) is 3.40. The van der Waals surface area contributed by atoms with Gasteiger partial charge in [0, 0.05) is 10.0 Å². The molecule has 0 saturated carbocycles. The van der Waals surface area contributed by atoms with Crippen molar-refractivity contribution in [2.75, 3.05) is 5.32 Å². The largest absolute Gasteiger partial charge is 0.306 e. The van der Waals surface area contributed by atoms with E-state index in [0.29, 0.717) is 28.2 Å². The molecule has 3 aromatic carbocycles. The van der Waals surface area contributed by atoms with Gasteiger partial charge in [0.25, 0.3) is 5.91 Å². The molecule has 0 atom stereocenters. The summed E-state index contributed by atoms with van der Waals surface area (Å²) in [5.41, 5.74) is 3.34. The number of carbonyl (C=O) groups excluding carboxylic acids is 1. The quantitative estimate of drug-likeness (QED) is 0.423. The first kappa shape index (κ1) is 20.8. The number of hydrogen-bond acceptors (Lipinski definition) is 3. The molecule has 0 bridgehead atoms. The maximum atomic E-state index is 13.2. The molecule has 1 aromatic heterocycles. The van der Waals surface area contributed by atoms with Gasteiger partial charge in [-0.15, -0.1) is 0 Å². The zero-order valence-electron chi connectivity index (χ0n) is 17.1. The monoisotopic (exact) mass is 473 g/mol. The Balaban J connectivity index is 1.97. The smallest absolute Gasteiger partial charge is 0.257 e. The molecule has 154 valence electrons. The van der Waals surface area contributed by atoms with Gasteiger partial charge >= 0.3 is 0 Å². The predicted molar refractivity (Wildman–Crippen MR) is 127 cm³/mol. The van der Waals surface area contributed by atoms with E-state index in [-0.39, 0.29) is 11.3 Å². The molecule has 0 aliphatic carbocycles. The van der Waals surface area contributed by atoms with Gasteiger partial charge in [0.2, 0.25) is 5.43 Å². The fourth-order valence-corrected chi connectivity index (χ4v) is 3.66. The first-order valence-electron chi connectivity index (χ1n) is 9.78. The minimum absolute atomic E-state index is 0.223. The van der Waals surface area contributed by atoms with Crippen LogP contribution < -0.4 is 10.7 Å². The highest BCUT2D eigenvalue weighted by Gasteiger charge is 2.21. The van der Waals surface area contributed by atoms with Gasteiger partial charge in [-0.2, -0.15) is 5.10 Å². The third-order valence-corrected chi connectivity index (χ3v) is 5.54. The molecule has 5 nitrogen and oxygen atoms in total. The molecular weight excluding hydrogens is 454 g/mol. The lowest BCUT2D eigenvalue weighted by molar-refractivity contribution is 0.102. The van der Waals surface area contributed by atoms with Crippen LogP contribution in [-0.2, 0) is 0 Å². The molecule has 4 rings (SSSR count). The number of nitrogens with zero attached hydrogens (tertiary/aromatic N) is 2. The van der Waals surface area contributed by atoms with Crippen molar-refractivity contribution in [3.05, 3.63) is 110 Å². The molecule has 31 heavy (non-hydrogen) atoms. The highest BCUT2D eigenvalue weighted by Crippen LogP contribution is 2.28. The first-order chi connectivity index (χ1) is 15.0. The zero-order valence-corrected chi connectivity index (χ0v) is 18.7. The normalized spacial score (nSPS) is 10.7. The zero-order chi connectivity index (χ0) is 22.0. The van der Waals surface area contributed by atoms with Gasteiger partial charge in [-0.25, -0.2) is 4.68 Å². The van der Waals surface area contributed by atoms with E-state index < -0.39 is 0 Å². The fraction of sp³-hybridized carbons (Fsp3) is 0.0800. The topological polar surface area (TPSA) is 64.0 Å². The Labute approximate surface area is 188 Å². The van der Waals surface area contributed by atoms with Crippen molar-refractivity contribution in [3.63, 3.8) is 0 Å². The molecule has 4 aromatic rings. The van der Waals surface area contributed by atoms with Crippen LogP contribution in [-0.4, -0.2) is 15.7 Å². The van der Waals surface area contributed by atoms with Crippen LogP contribution in [0.3, 0.4) is 0 Å². The van der Waals surface area contributed by atoms with Crippen molar-refractivity contribution >= 4 is 27.7 Å². The van der Waals surface area contributed by atoms with Crippen molar-refractivity contribution in [3.8, 4) is 16.8 Å². The Morgan fingerprint density at radius 3 is 2.23 bits per heavy atom.